The summed E-state index contributed by atoms with van der Waals surface area (Å²) in [5, 5.41) is 19.1. The number of anilines is 1. The van der Waals surface area contributed by atoms with E-state index in [4.69, 9.17) is 11.0 Å². The molecule has 0 unspecified atom stereocenters. The molecule has 20 heavy (non-hydrogen) atoms. The fourth-order valence-electron chi connectivity index (χ4n) is 2.39. The second kappa shape index (κ2) is 5.40. The zero-order valence-corrected chi connectivity index (χ0v) is 11.8. The van der Waals surface area contributed by atoms with Crippen LogP contribution in [0.4, 0.5) is 5.69 Å². The number of benzene rings is 1. The minimum absolute atomic E-state index is 0.00379. The lowest BCUT2D eigenvalue weighted by atomic mass is 10.0. The van der Waals surface area contributed by atoms with Crippen LogP contribution in [0.2, 0.25) is 0 Å². The Morgan fingerprint density at radius 2 is 2.05 bits per heavy atom. The van der Waals surface area contributed by atoms with Gasteiger partial charge in [0.05, 0.1) is 16.1 Å². The van der Waals surface area contributed by atoms with Gasteiger partial charge in [-0.3, -0.25) is 0 Å². The highest BCUT2D eigenvalue weighted by atomic mass is 32.2. The van der Waals surface area contributed by atoms with Crippen molar-refractivity contribution in [3.8, 4) is 6.07 Å². The number of rotatable bonds is 4. The van der Waals surface area contributed by atoms with Crippen molar-refractivity contribution in [2.75, 3.05) is 12.3 Å². The quantitative estimate of drug-likeness (QED) is 0.708. The molecule has 0 amide bonds. The zero-order valence-electron chi connectivity index (χ0n) is 11.0. The molecule has 7 heteroatoms. The first-order valence-corrected chi connectivity index (χ1v) is 7.86. The third kappa shape index (κ3) is 3.10. The van der Waals surface area contributed by atoms with E-state index >= 15 is 0 Å². The van der Waals surface area contributed by atoms with Crippen molar-refractivity contribution in [1.82, 2.24) is 4.72 Å². The third-order valence-electron chi connectivity index (χ3n) is 3.54. The number of nitrogen functional groups attached to an aromatic ring is 1. The summed E-state index contributed by atoms with van der Waals surface area (Å²) < 4.78 is 26.8. The molecule has 1 aliphatic carbocycles. The Hall–Kier alpha value is -1.62. The number of hydrogen-bond acceptors (Lipinski definition) is 5. The lowest BCUT2D eigenvalue weighted by molar-refractivity contribution is 0.0532. The van der Waals surface area contributed by atoms with Gasteiger partial charge in [-0.25, -0.2) is 13.1 Å². The van der Waals surface area contributed by atoms with E-state index in [0.717, 1.165) is 12.8 Å². The van der Waals surface area contributed by atoms with Crippen molar-refractivity contribution in [3.63, 3.8) is 0 Å². The van der Waals surface area contributed by atoms with Crippen molar-refractivity contribution < 1.29 is 13.5 Å². The highest BCUT2D eigenvalue weighted by molar-refractivity contribution is 7.89. The predicted molar refractivity (Wildman–Crippen MR) is 74.2 cm³/mol. The van der Waals surface area contributed by atoms with E-state index < -0.39 is 15.6 Å². The van der Waals surface area contributed by atoms with E-state index in [1.165, 1.54) is 18.2 Å². The maximum atomic E-state index is 12.2. The summed E-state index contributed by atoms with van der Waals surface area (Å²) in [6.45, 7) is -0.0371. The molecule has 1 aliphatic rings. The smallest absolute Gasteiger partial charge is 0.241 e. The average Bonchev–Trinajstić information content (AvgIpc) is 2.84. The number of nitrogens with zero attached hydrogens (tertiary/aromatic N) is 1. The van der Waals surface area contributed by atoms with Crippen LogP contribution in [0.5, 0.6) is 0 Å². The number of hydrogen-bond donors (Lipinski definition) is 3. The molecule has 1 aromatic rings. The molecule has 1 fully saturated rings. The minimum Gasteiger partial charge on any atom is -0.399 e. The molecule has 2 rings (SSSR count). The van der Waals surface area contributed by atoms with E-state index in [2.05, 4.69) is 4.72 Å². The molecular weight excluding hydrogens is 278 g/mol. The van der Waals surface area contributed by atoms with Gasteiger partial charge in [-0.15, -0.1) is 0 Å². The van der Waals surface area contributed by atoms with Gasteiger partial charge >= 0.3 is 0 Å². The van der Waals surface area contributed by atoms with Crippen molar-refractivity contribution in [3.05, 3.63) is 23.8 Å². The monoisotopic (exact) mass is 295 g/mol. The maximum Gasteiger partial charge on any atom is 0.241 e. The van der Waals surface area contributed by atoms with E-state index in [0.29, 0.717) is 18.5 Å². The number of nitrogens with two attached hydrogens (primary N) is 1. The van der Waals surface area contributed by atoms with Crippen molar-refractivity contribution in [2.24, 2.45) is 0 Å². The first kappa shape index (κ1) is 14.8. The first-order chi connectivity index (χ1) is 9.36. The van der Waals surface area contributed by atoms with E-state index in [-0.39, 0.29) is 17.0 Å². The molecule has 0 heterocycles. The van der Waals surface area contributed by atoms with Crippen molar-refractivity contribution in [2.45, 2.75) is 36.2 Å². The van der Waals surface area contributed by atoms with Crippen LogP contribution in [0.25, 0.3) is 0 Å². The molecule has 0 aromatic heterocycles. The van der Waals surface area contributed by atoms with Crippen LogP contribution < -0.4 is 10.5 Å². The van der Waals surface area contributed by atoms with E-state index in [1.807, 2.05) is 6.07 Å². The van der Waals surface area contributed by atoms with Crippen LogP contribution in [0, 0.1) is 11.3 Å². The van der Waals surface area contributed by atoms with Gasteiger partial charge in [-0.1, -0.05) is 12.8 Å². The van der Waals surface area contributed by atoms with Crippen LogP contribution in [-0.2, 0) is 10.0 Å². The largest absolute Gasteiger partial charge is 0.399 e. The van der Waals surface area contributed by atoms with Gasteiger partial charge in [-0.05, 0) is 31.0 Å². The van der Waals surface area contributed by atoms with Gasteiger partial charge < -0.3 is 10.8 Å². The summed E-state index contributed by atoms with van der Waals surface area (Å²) in [4.78, 5) is -0.115. The highest BCUT2D eigenvalue weighted by Gasteiger charge is 2.33. The summed E-state index contributed by atoms with van der Waals surface area (Å²) in [7, 11) is -3.83. The zero-order chi connectivity index (χ0) is 14.8. The van der Waals surface area contributed by atoms with Gasteiger partial charge in [0.2, 0.25) is 10.0 Å². The Morgan fingerprint density at radius 1 is 1.40 bits per heavy atom. The lowest BCUT2D eigenvalue weighted by Crippen LogP contribution is -2.40. The first-order valence-electron chi connectivity index (χ1n) is 6.38. The van der Waals surface area contributed by atoms with E-state index in [9.17, 15) is 13.5 Å². The lowest BCUT2D eigenvalue weighted by Gasteiger charge is -2.22. The SMILES string of the molecule is N#Cc1cc(N)ccc1S(=O)(=O)NCC1(O)CCCC1. The number of aliphatic hydroxyl groups is 1. The summed E-state index contributed by atoms with van der Waals surface area (Å²) in [6.07, 6.45) is 2.96. The second-order valence-corrected chi connectivity index (χ2v) is 6.86. The van der Waals surface area contributed by atoms with Crippen LogP contribution in [0.15, 0.2) is 23.1 Å². The molecule has 0 atom stereocenters. The van der Waals surface area contributed by atoms with Gasteiger partial charge in [0.1, 0.15) is 6.07 Å². The van der Waals surface area contributed by atoms with Gasteiger partial charge in [0, 0.05) is 12.2 Å². The Bertz CT molecular complexity index is 643. The fourth-order valence-corrected chi connectivity index (χ4v) is 3.64. The van der Waals surface area contributed by atoms with Crippen LogP contribution in [0.1, 0.15) is 31.2 Å². The Balaban J connectivity index is 2.21. The molecule has 1 saturated carbocycles. The third-order valence-corrected chi connectivity index (χ3v) is 5.00. The van der Waals surface area contributed by atoms with Gasteiger partial charge in [-0.2, -0.15) is 5.26 Å². The standard InChI is InChI=1S/C13H17N3O3S/c14-8-10-7-11(15)3-4-12(10)20(18,19)16-9-13(17)5-1-2-6-13/h3-4,7,16-17H,1-2,5-6,9,15H2. The summed E-state index contributed by atoms with van der Waals surface area (Å²) in [5.74, 6) is 0. The molecule has 0 saturated heterocycles. The number of nitriles is 1. The van der Waals surface area contributed by atoms with Crippen LogP contribution >= 0.6 is 0 Å². The molecule has 4 N–H and O–H groups in total. The summed E-state index contributed by atoms with van der Waals surface area (Å²) in [6, 6.07) is 5.87. The second-order valence-electron chi connectivity index (χ2n) is 5.12. The van der Waals surface area contributed by atoms with Crippen LogP contribution in [-0.4, -0.2) is 25.7 Å². The normalized spacial score (nSPS) is 17.8. The predicted octanol–water partition coefficient (Wildman–Crippen LogP) is 0.724. The minimum atomic E-state index is -3.83. The summed E-state index contributed by atoms with van der Waals surface area (Å²) >= 11 is 0. The van der Waals surface area contributed by atoms with Crippen molar-refractivity contribution in [1.29, 1.82) is 5.26 Å². The molecular formula is C13H17N3O3S. The van der Waals surface area contributed by atoms with E-state index in [1.54, 1.807) is 0 Å². The van der Waals surface area contributed by atoms with Gasteiger partial charge in [0.15, 0.2) is 0 Å². The maximum absolute atomic E-state index is 12.2. The molecule has 6 nitrogen and oxygen atoms in total. The Kier molecular flexibility index (Phi) is 3.99. The molecule has 0 bridgehead atoms. The van der Waals surface area contributed by atoms with Crippen molar-refractivity contribution >= 4 is 15.7 Å². The highest BCUT2D eigenvalue weighted by Crippen LogP contribution is 2.29. The van der Waals surface area contributed by atoms with Crippen LogP contribution in [0.3, 0.4) is 0 Å². The average molecular weight is 295 g/mol. The summed E-state index contributed by atoms with van der Waals surface area (Å²) in [5.41, 5.74) is 4.88. The number of nitrogens with one attached hydrogen (secondary N) is 1. The fraction of sp³-hybridized carbons (Fsp3) is 0.462. The molecule has 1 aromatic carbocycles. The Morgan fingerprint density at radius 3 is 2.65 bits per heavy atom. The number of sulfonamides is 1. The topological polar surface area (TPSA) is 116 Å². The molecule has 0 aliphatic heterocycles. The van der Waals surface area contributed by atoms with Gasteiger partial charge in [0.25, 0.3) is 0 Å². The molecule has 108 valence electrons. The molecule has 0 spiro atoms. The molecule has 0 radical (unpaired) electrons. The Labute approximate surface area is 118 Å².